The predicted octanol–water partition coefficient (Wildman–Crippen LogP) is 2.90. The molecule has 4 atom stereocenters. The predicted molar refractivity (Wildman–Crippen MR) is 109 cm³/mol. The number of nitrogens with zero attached hydrogens (tertiary/aromatic N) is 2. The molecule has 4 fully saturated rings. The summed E-state index contributed by atoms with van der Waals surface area (Å²) in [5, 5.41) is 0. The Bertz CT molecular complexity index is 893. The van der Waals surface area contributed by atoms with Crippen LogP contribution in [0.4, 0.5) is 0 Å². The van der Waals surface area contributed by atoms with E-state index in [1.165, 1.54) is 6.26 Å². The van der Waals surface area contributed by atoms with Crippen LogP contribution in [0.15, 0.2) is 66.0 Å². The molecule has 0 radical (unpaired) electrons. The number of ether oxygens (including phenoxy) is 3. The van der Waals surface area contributed by atoms with Crippen molar-refractivity contribution in [3.63, 3.8) is 0 Å². The number of hydrogen-bond donors (Lipinski definition) is 0. The van der Waals surface area contributed by atoms with Gasteiger partial charge in [-0.15, -0.1) is 0 Å². The van der Waals surface area contributed by atoms with Crippen LogP contribution in [0, 0.1) is 0 Å². The third-order valence-electron chi connectivity index (χ3n) is 5.46. The van der Waals surface area contributed by atoms with Crippen molar-refractivity contribution >= 4 is 11.8 Å². The molecule has 4 saturated heterocycles. The topological polar surface area (TPSA) is 68.3 Å². The Labute approximate surface area is 176 Å². The summed E-state index contributed by atoms with van der Waals surface area (Å²) in [4.78, 5) is 27.0. The maximum Gasteiger partial charge on any atom is 0.232 e. The van der Waals surface area contributed by atoms with Crippen molar-refractivity contribution in [3.05, 3.63) is 66.0 Å². The van der Waals surface area contributed by atoms with E-state index < -0.39 is 0 Å². The molecule has 4 aliphatic rings. The fraction of sp³-hybridized carbons (Fsp3) is 0.435. The van der Waals surface area contributed by atoms with E-state index in [9.17, 15) is 9.59 Å². The largest absolute Gasteiger partial charge is 0.489 e. The van der Waals surface area contributed by atoms with Gasteiger partial charge in [-0.25, -0.2) is 0 Å². The van der Waals surface area contributed by atoms with E-state index in [0.29, 0.717) is 25.9 Å². The van der Waals surface area contributed by atoms with Gasteiger partial charge < -0.3 is 14.2 Å². The van der Waals surface area contributed by atoms with Gasteiger partial charge in [0.15, 0.2) is 12.5 Å². The van der Waals surface area contributed by atoms with Gasteiger partial charge in [0.05, 0.1) is 12.8 Å². The van der Waals surface area contributed by atoms with E-state index in [1.54, 1.807) is 9.80 Å². The van der Waals surface area contributed by atoms with Crippen LogP contribution in [0.3, 0.4) is 0 Å². The minimum Gasteiger partial charge on any atom is -0.489 e. The third-order valence-corrected chi connectivity index (χ3v) is 5.46. The number of rotatable bonds is 7. The van der Waals surface area contributed by atoms with Crippen LogP contribution in [0.1, 0.15) is 33.1 Å². The van der Waals surface area contributed by atoms with E-state index in [1.807, 2.05) is 56.4 Å². The van der Waals surface area contributed by atoms with Crippen molar-refractivity contribution < 1.29 is 23.8 Å². The Balaban J connectivity index is 1.26. The Hall–Kier alpha value is -3.18. The SMILES string of the molecule is CC=CC1/C(=C/CC=C=COC/C=C2\OC3CC(=O)N3C2C=CC)OC2CC(=O)N21. The molecular weight excluding hydrogens is 384 g/mol. The summed E-state index contributed by atoms with van der Waals surface area (Å²) in [6.07, 6.45) is 16.2. The number of hydrogen-bond acceptors (Lipinski definition) is 5. The Kier molecular flexibility index (Phi) is 5.81. The zero-order valence-corrected chi connectivity index (χ0v) is 17.2. The summed E-state index contributed by atoms with van der Waals surface area (Å²) in [5.41, 5.74) is 2.98. The molecule has 0 N–H and O–H groups in total. The fourth-order valence-electron chi connectivity index (χ4n) is 3.99. The maximum atomic E-state index is 11.7. The smallest absolute Gasteiger partial charge is 0.232 e. The number of β-lactam (4-membered cyclic amide) rings is 2. The van der Waals surface area contributed by atoms with Crippen LogP contribution in [-0.2, 0) is 23.8 Å². The molecule has 0 aromatic rings. The van der Waals surface area contributed by atoms with Gasteiger partial charge in [-0.1, -0.05) is 30.0 Å². The van der Waals surface area contributed by atoms with Gasteiger partial charge in [0.1, 0.15) is 36.5 Å². The highest BCUT2D eigenvalue weighted by Gasteiger charge is 2.50. The number of amides is 2. The molecule has 4 aliphatic heterocycles. The first-order valence-electron chi connectivity index (χ1n) is 10.3. The zero-order chi connectivity index (χ0) is 21.1. The van der Waals surface area contributed by atoms with Crippen LogP contribution in [-0.4, -0.2) is 52.8 Å². The molecule has 4 unspecified atom stereocenters. The number of fused-ring (bicyclic) bond motifs is 2. The average molecular weight is 410 g/mol. The van der Waals surface area contributed by atoms with Crippen molar-refractivity contribution in [1.82, 2.24) is 9.80 Å². The molecule has 0 aromatic heterocycles. The second-order valence-electron chi connectivity index (χ2n) is 7.37. The average Bonchev–Trinajstić information content (AvgIpc) is 3.14. The van der Waals surface area contributed by atoms with Crippen LogP contribution in [0.5, 0.6) is 0 Å². The van der Waals surface area contributed by atoms with Crippen molar-refractivity contribution in [2.45, 2.75) is 57.6 Å². The lowest BCUT2D eigenvalue weighted by molar-refractivity contribution is -0.156. The van der Waals surface area contributed by atoms with Gasteiger partial charge in [0.25, 0.3) is 0 Å². The van der Waals surface area contributed by atoms with Gasteiger partial charge in [0.2, 0.25) is 11.8 Å². The van der Waals surface area contributed by atoms with Crippen LogP contribution in [0.2, 0.25) is 0 Å². The minimum atomic E-state index is -0.139. The second-order valence-corrected chi connectivity index (χ2v) is 7.37. The normalized spacial score (nSPS) is 31.9. The first-order chi connectivity index (χ1) is 14.6. The molecule has 0 aromatic carbocycles. The molecule has 0 saturated carbocycles. The molecule has 0 bridgehead atoms. The number of carbonyl (C=O) groups excluding carboxylic acids is 2. The molecule has 4 rings (SSSR count). The van der Waals surface area contributed by atoms with Crippen LogP contribution < -0.4 is 0 Å². The molecular formula is C23H26N2O5. The summed E-state index contributed by atoms with van der Waals surface area (Å²) < 4.78 is 17.1. The summed E-state index contributed by atoms with van der Waals surface area (Å²) in [6.45, 7) is 4.19. The van der Waals surface area contributed by atoms with Crippen molar-refractivity contribution in [2.75, 3.05) is 6.61 Å². The van der Waals surface area contributed by atoms with Crippen molar-refractivity contribution in [3.8, 4) is 0 Å². The molecule has 0 spiro atoms. The Morgan fingerprint density at radius 3 is 2.07 bits per heavy atom. The van der Waals surface area contributed by atoms with Gasteiger partial charge >= 0.3 is 0 Å². The maximum absolute atomic E-state index is 11.7. The zero-order valence-electron chi connectivity index (χ0n) is 17.2. The Morgan fingerprint density at radius 2 is 1.53 bits per heavy atom. The fourth-order valence-corrected chi connectivity index (χ4v) is 3.99. The monoisotopic (exact) mass is 410 g/mol. The van der Waals surface area contributed by atoms with Crippen LogP contribution in [0.25, 0.3) is 0 Å². The van der Waals surface area contributed by atoms with Crippen molar-refractivity contribution in [1.29, 1.82) is 0 Å². The van der Waals surface area contributed by atoms with E-state index >= 15 is 0 Å². The molecule has 7 nitrogen and oxygen atoms in total. The van der Waals surface area contributed by atoms with Crippen molar-refractivity contribution in [2.24, 2.45) is 0 Å². The van der Waals surface area contributed by atoms with E-state index in [2.05, 4.69) is 5.73 Å². The highest BCUT2D eigenvalue weighted by Crippen LogP contribution is 2.37. The molecule has 2 amide bonds. The summed E-state index contributed by atoms with van der Waals surface area (Å²) in [5.74, 6) is 1.79. The first-order valence-corrected chi connectivity index (χ1v) is 10.3. The van der Waals surface area contributed by atoms with E-state index in [-0.39, 0.29) is 36.4 Å². The molecule has 30 heavy (non-hydrogen) atoms. The summed E-state index contributed by atoms with van der Waals surface area (Å²) in [7, 11) is 0. The van der Waals surface area contributed by atoms with Crippen LogP contribution >= 0.6 is 0 Å². The lowest BCUT2D eigenvalue weighted by Crippen LogP contribution is -2.52. The minimum absolute atomic E-state index is 0.101. The number of allylic oxidation sites excluding steroid dienone is 4. The number of carbonyl (C=O) groups is 2. The van der Waals surface area contributed by atoms with Gasteiger partial charge in [-0.3, -0.25) is 19.4 Å². The lowest BCUT2D eigenvalue weighted by atomic mass is 10.1. The quantitative estimate of drug-likeness (QED) is 0.212. The van der Waals surface area contributed by atoms with Gasteiger partial charge in [-0.05, 0) is 38.5 Å². The second kappa shape index (κ2) is 8.67. The molecule has 7 heteroatoms. The van der Waals surface area contributed by atoms with Gasteiger partial charge in [-0.2, -0.15) is 0 Å². The molecule has 4 heterocycles. The molecule has 0 aliphatic carbocycles. The van der Waals surface area contributed by atoms with E-state index in [4.69, 9.17) is 14.2 Å². The summed E-state index contributed by atoms with van der Waals surface area (Å²) >= 11 is 0. The summed E-state index contributed by atoms with van der Waals surface area (Å²) in [6, 6.07) is -0.235. The highest BCUT2D eigenvalue weighted by atomic mass is 16.5. The lowest BCUT2D eigenvalue weighted by Gasteiger charge is -2.33. The third kappa shape index (κ3) is 3.68. The Morgan fingerprint density at radius 1 is 0.967 bits per heavy atom. The highest BCUT2D eigenvalue weighted by molar-refractivity contribution is 5.84. The van der Waals surface area contributed by atoms with Gasteiger partial charge in [0, 0.05) is 0 Å². The standard InChI is InChI=1S/C23H26N2O5/c1-3-8-16-18(29-22-14-20(26)24(16)22)10-6-5-7-12-28-13-11-19-17(9-4-2)25-21(27)15-23(25)30-19/h3-5,8-12,16-17,22-23H,6,13-15H2,1-2H3/b8-3?,9-4?,18-10-,19-11-. The molecule has 158 valence electrons. The van der Waals surface area contributed by atoms with E-state index in [0.717, 1.165) is 11.5 Å². The first kappa shape index (κ1) is 20.1.